The number of aromatic nitrogens is 2. The highest BCUT2D eigenvalue weighted by atomic mass is 32.1. The predicted octanol–water partition coefficient (Wildman–Crippen LogP) is 2.21. The zero-order valence-electron chi connectivity index (χ0n) is 12.9. The Kier molecular flexibility index (Phi) is 3.09. The lowest BCUT2D eigenvalue weighted by Gasteiger charge is -2.55. The molecule has 2 N–H and O–H groups in total. The average Bonchev–Trinajstić information content (AvgIpc) is 3.20. The van der Waals surface area contributed by atoms with Crippen LogP contribution in [0.2, 0.25) is 0 Å². The van der Waals surface area contributed by atoms with Gasteiger partial charge in [0.05, 0.1) is 10.6 Å². The molecule has 5 heterocycles. The summed E-state index contributed by atoms with van der Waals surface area (Å²) in [7, 11) is 0. The van der Waals surface area contributed by atoms with Crippen molar-refractivity contribution in [2.24, 2.45) is 17.8 Å². The molecule has 4 bridgehead atoms. The van der Waals surface area contributed by atoms with Crippen molar-refractivity contribution in [1.82, 2.24) is 20.4 Å². The second kappa shape index (κ2) is 5.18. The maximum absolute atomic E-state index is 12.6. The van der Waals surface area contributed by atoms with Crippen LogP contribution in [-0.4, -0.2) is 46.7 Å². The molecule has 23 heavy (non-hydrogen) atoms. The first-order chi connectivity index (χ1) is 11.3. The van der Waals surface area contributed by atoms with Gasteiger partial charge < -0.3 is 10.2 Å². The van der Waals surface area contributed by atoms with Crippen LogP contribution in [0.25, 0.3) is 10.6 Å². The molecule has 1 amide bonds. The monoisotopic (exact) mass is 328 g/mol. The Morgan fingerprint density at radius 3 is 2.83 bits per heavy atom. The number of rotatable bonds is 3. The molecule has 4 fully saturated rings. The minimum Gasteiger partial charge on any atom is -0.347 e. The number of hydrogen-bond acceptors (Lipinski definition) is 4. The number of piperidine rings is 3. The molecule has 3 aliphatic heterocycles. The quantitative estimate of drug-likeness (QED) is 0.908. The molecule has 0 radical (unpaired) electrons. The van der Waals surface area contributed by atoms with E-state index in [1.807, 2.05) is 23.6 Å². The van der Waals surface area contributed by atoms with Crippen LogP contribution in [0.1, 0.15) is 23.3 Å². The van der Waals surface area contributed by atoms with Crippen molar-refractivity contribution in [3.8, 4) is 10.6 Å². The highest BCUT2D eigenvalue weighted by Crippen LogP contribution is 2.43. The van der Waals surface area contributed by atoms with Crippen molar-refractivity contribution >= 4 is 17.2 Å². The van der Waals surface area contributed by atoms with Crippen LogP contribution in [0.4, 0.5) is 0 Å². The number of thiophene rings is 1. The third-order valence-electron chi connectivity index (χ3n) is 5.68. The Bertz CT molecular complexity index is 695. The van der Waals surface area contributed by atoms with Gasteiger partial charge in [0.2, 0.25) is 0 Å². The molecule has 4 aliphatic rings. The van der Waals surface area contributed by atoms with Gasteiger partial charge >= 0.3 is 0 Å². The Morgan fingerprint density at radius 2 is 2.13 bits per heavy atom. The summed E-state index contributed by atoms with van der Waals surface area (Å²) in [6, 6.07) is 6.23. The topological polar surface area (TPSA) is 61.0 Å². The number of carbonyl (C=O) groups excluding carboxylic acids is 1. The maximum atomic E-state index is 12.6. The fourth-order valence-electron chi connectivity index (χ4n) is 4.87. The highest BCUT2D eigenvalue weighted by Gasteiger charge is 2.47. The van der Waals surface area contributed by atoms with Crippen molar-refractivity contribution in [3.05, 3.63) is 29.3 Å². The number of nitrogens with one attached hydrogen (secondary N) is 2. The molecule has 6 heteroatoms. The van der Waals surface area contributed by atoms with E-state index in [4.69, 9.17) is 0 Å². The molecule has 6 rings (SSSR count). The number of hydrogen-bond donors (Lipinski definition) is 2. The van der Waals surface area contributed by atoms with Gasteiger partial charge in [-0.25, -0.2) is 0 Å². The van der Waals surface area contributed by atoms with Gasteiger partial charge in [-0.15, -0.1) is 11.3 Å². The van der Waals surface area contributed by atoms with Crippen LogP contribution in [-0.2, 0) is 0 Å². The molecule has 3 unspecified atom stereocenters. The number of nitrogens with zero attached hydrogens (tertiary/aromatic N) is 2. The molecule has 0 spiro atoms. The van der Waals surface area contributed by atoms with Crippen molar-refractivity contribution in [2.45, 2.75) is 18.9 Å². The molecule has 1 aliphatic carbocycles. The Morgan fingerprint density at radius 1 is 1.30 bits per heavy atom. The van der Waals surface area contributed by atoms with Crippen LogP contribution >= 0.6 is 11.3 Å². The molecule has 5 nitrogen and oxygen atoms in total. The molecule has 2 aromatic heterocycles. The van der Waals surface area contributed by atoms with Gasteiger partial charge in [0.15, 0.2) is 5.69 Å². The van der Waals surface area contributed by atoms with Crippen LogP contribution in [0.5, 0.6) is 0 Å². The first-order valence-corrected chi connectivity index (χ1v) is 9.27. The Hall–Kier alpha value is -1.66. The van der Waals surface area contributed by atoms with Crippen molar-refractivity contribution in [3.63, 3.8) is 0 Å². The highest BCUT2D eigenvalue weighted by molar-refractivity contribution is 7.13. The average molecular weight is 328 g/mol. The van der Waals surface area contributed by atoms with Crippen LogP contribution in [0, 0.1) is 17.8 Å². The van der Waals surface area contributed by atoms with Gasteiger partial charge in [-0.05, 0) is 48.1 Å². The SMILES string of the molecule is O=C(NC1[C@@H]2CC3C[C@H]1CN(C3)C2)c1cc(-c2cccs2)[nH]n1. The van der Waals surface area contributed by atoms with Gasteiger partial charge in [-0.2, -0.15) is 5.10 Å². The Balaban J connectivity index is 1.32. The standard InChI is InChI=1S/C17H20N4OS/c22-17(14-6-13(19-20-14)15-2-1-3-23-15)18-16-11-4-10-5-12(16)9-21(7-10)8-11/h1-3,6,10-12,16H,4-5,7-9H2,(H,18,22)(H,19,20)/t10?,11-,12+,16?. The molecular weight excluding hydrogens is 308 g/mol. The first-order valence-electron chi connectivity index (χ1n) is 8.39. The van der Waals surface area contributed by atoms with Crippen LogP contribution < -0.4 is 5.32 Å². The van der Waals surface area contributed by atoms with E-state index in [9.17, 15) is 4.79 Å². The fourth-order valence-corrected chi connectivity index (χ4v) is 5.56. The van der Waals surface area contributed by atoms with E-state index in [2.05, 4.69) is 20.4 Å². The van der Waals surface area contributed by atoms with E-state index < -0.39 is 0 Å². The third kappa shape index (κ3) is 2.32. The normalized spacial score (nSPS) is 34.7. The van der Waals surface area contributed by atoms with E-state index in [0.717, 1.165) is 29.6 Å². The molecule has 0 aromatic carbocycles. The molecule has 5 atom stereocenters. The zero-order valence-corrected chi connectivity index (χ0v) is 13.7. The van der Waals surface area contributed by atoms with E-state index >= 15 is 0 Å². The predicted molar refractivity (Wildman–Crippen MR) is 89.3 cm³/mol. The van der Waals surface area contributed by atoms with Crippen molar-refractivity contribution in [2.75, 3.05) is 19.6 Å². The number of H-pyrrole nitrogens is 1. The lowest BCUT2D eigenvalue weighted by molar-refractivity contribution is -0.0419. The van der Waals surface area contributed by atoms with E-state index in [0.29, 0.717) is 23.6 Å². The summed E-state index contributed by atoms with van der Waals surface area (Å²) in [5.74, 6) is 2.08. The summed E-state index contributed by atoms with van der Waals surface area (Å²) in [5, 5.41) is 12.5. The summed E-state index contributed by atoms with van der Waals surface area (Å²) >= 11 is 1.65. The molecule has 120 valence electrons. The summed E-state index contributed by atoms with van der Waals surface area (Å²) in [6.45, 7) is 3.58. The summed E-state index contributed by atoms with van der Waals surface area (Å²) < 4.78 is 0. The fraction of sp³-hybridized carbons (Fsp3) is 0.529. The molecule has 1 saturated carbocycles. The van der Waals surface area contributed by atoms with Gasteiger partial charge in [-0.3, -0.25) is 9.89 Å². The van der Waals surface area contributed by atoms with Gasteiger partial charge in [0, 0.05) is 25.7 Å². The largest absolute Gasteiger partial charge is 0.347 e. The van der Waals surface area contributed by atoms with Gasteiger partial charge in [0.25, 0.3) is 5.91 Å². The number of aromatic amines is 1. The molecule has 2 aromatic rings. The summed E-state index contributed by atoms with van der Waals surface area (Å²) in [6.07, 6.45) is 2.55. The second-order valence-corrected chi connectivity index (χ2v) is 8.17. The maximum Gasteiger partial charge on any atom is 0.272 e. The van der Waals surface area contributed by atoms with E-state index in [1.165, 1.54) is 19.4 Å². The smallest absolute Gasteiger partial charge is 0.272 e. The lowest BCUT2D eigenvalue weighted by atomic mass is 9.65. The molecular formula is C17H20N4OS. The van der Waals surface area contributed by atoms with Crippen molar-refractivity contribution < 1.29 is 4.79 Å². The summed E-state index contributed by atoms with van der Waals surface area (Å²) in [4.78, 5) is 16.3. The number of carbonyl (C=O) groups is 1. The summed E-state index contributed by atoms with van der Waals surface area (Å²) in [5.41, 5.74) is 1.42. The van der Waals surface area contributed by atoms with E-state index in [-0.39, 0.29) is 5.91 Å². The minimum absolute atomic E-state index is 0.0310. The van der Waals surface area contributed by atoms with E-state index in [1.54, 1.807) is 11.3 Å². The minimum atomic E-state index is -0.0310. The second-order valence-electron chi connectivity index (χ2n) is 7.22. The third-order valence-corrected chi connectivity index (χ3v) is 6.59. The number of amides is 1. The Labute approximate surface area is 139 Å². The zero-order chi connectivity index (χ0) is 15.4. The van der Waals surface area contributed by atoms with Crippen molar-refractivity contribution in [1.29, 1.82) is 0 Å². The lowest BCUT2D eigenvalue weighted by Crippen LogP contribution is -2.64. The van der Waals surface area contributed by atoms with Gasteiger partial charge in [-0.1, -0.05) is 6.07 Å². The first kappa shape index (κ1) is 13.7. The van der Waals surface area contributed by atoms with Gasteiger partial charge in [0.1, 0.15) is 0 Å². The molecule has 3 saturated heterocycles. The van der Waals surface area contributed by atoms with Crippen LogP contribution in [0.15, 0.2) is 23.6 Å². The van der Waals surface area contributed by atoms with Crippen LogP contribution in [0.3, 0.4) is 0 Å².